The second kappa shape index (κ2) is 5.22. The summed E-state index contributed by atoms with van der Waals surface area (Å²) < 4.78 is 0. The van der Waals surface area contributed by atoms with Crippen molar-refractivity contribution < 1.29 is 9.90 Å². The molecule has 0 aromatic carbocycles. The SMILES string of the molecule is CCCC(C)(C)C(=O)NCC(C)O. The fraction of sp³-hybridized carbons (Fsp3) is 0.900. The van der Waals surface area contributed by atoms with E-state index in [0.29, 0.717) is 6.54 Å². The molecule has 0 aromatic heterocycles. The van der Waals surface area contributed by atoms with E-state index in [-0.39, 0.29) is 11.3 Å². The Balaban J connectivity index is 3.94. The van der Waals surface area contributed by atoms with Crippen molar-refractivity contribution in [3.63, 3.8) is 0 Å². The van der Waals surface area contributed by atoms with E-state index in [1.165, 1.54) is 0 Å². The predicted octanol–water partition coefficient (Wildman–Crippen LogP) is 1.31. The highest BCUT2D eigenvalue weighted by atomic mass is 16.3. The largest absolute Gasteiger partial charge is 0.392 e. The monoisotopic (exact) mass is 187 g/mol. The zero-order valence-electron chi connectivity index (χ0n) is 9.05. The number of amides is 1. The first-order valence-corrected chi connectivity index (χ1v) is 4.86. The zero-order valence-corrected chi connectivity index (χ0v) is 9.05. The maximum atomic E-state index is 11.5. The first-order chi connectivity index (χ1) is 5.90. The highest BCUT2D eigenvalue weighted by molar-refractivity contribution is 5.81. The fourth-order valence-electron chi connectivity index (χ4n) is 1.22. The average molecular weight is 187 g/mol. The first-order valence-electron chi connectivity index (χ1n) is 4.86. The first kappa shape index (κ1) is 12.4. The lowest BCUT2D eigenvalue weighted by molar-refractivity contribution is -0.130. The highest BCUT2D eigenvalue weighted by Crippen LogP contribution is 2.21. The predicted molar refractivity (Wildman–Crippen MR) is 53.4 cm³/mol. The van der Waals surface area contributed by atoms with Gasteiger partial charge in [0.1, 0.15) is 0 Å². The van der Waals surface area contributed by atoms with Gasteiger partial charge in [-0.2, -0.15) is 0 Å². The Hall–Kier alpha value is -0.570. The molecule has 1 unspecified atom stereocenters. The van der Waals surface area contributed by atoms with Gasteiger partial charge in [-0.15, -0.1) is 0 Å². The molecule has 2 N–H and O–H groups in total. The summed E-state index contributed by atoms with van der Waals surface area (Å²) in [5, 5.41) is 11.7. The van der Waals surface area contributed by atoms with Crippen molar-refractivity contribution in [3.8, 4) is 0 Å². The van der Waals surface area contributed by atoms with Crippen LogP contribution in [0.3, 0.4) is 0 Å². The number of hydrogen-bond donors (Lipinski definition) is 2. The van der Waals surface area contributed by atoms with Crippen LogP contribution in [0.5, 0.6) is 0 Å². The second-order valence-corrected chi connectivity index (χ2v) is 4.19. The van der Waals surface area contributed by atoms with Gasteiger partial charge in [0.05, 0.1) is 6.10 Å². The Bertz CT molecular complexity index is 164. The molecule has 0 radical (unpaired) electrons. The van der Waals surface area contributed by atoms with Gasteiger partial charge in [0.2, 0.25) is 5.91 Å². The van der Waals surface area contributed by atoms with Crippen molar-refractivity contribution in [2.45, 2.75) is 46.6 Å². The number of nitrogens with one attached hydrogen (secondary N) is 1. The number of carbonyl (C=O) groups is 1. The van der Waals surface area contributed by atoms with Crippen molar-refractivity contribution in [1.29, 1.82) is 0 Å². The van der Waals surface area contributed by atoms with E-state index in [4.69, 9.17) is 5.11 Å². The smallest absolute Gasteiger partial charge is 0.225 e. The third kappa shape index (κ3) is 4.88. The molecular weight excluding hydrogens is 166 g/mol. The summed E-state index contributed by atoms with van der Waals surface area (Å²) in [6.07, 6.45) is 1.40. The molecule has 0 bridgehead atoms. The van der Waals surface area contributed by atoms with Gasteiger partial charge in [-0.25, -0.2) is 0 Å². The lowest BCUT2D eigenvalue weighted by Crippen LogP contribution is -2.40. The lowest BCUT2D eigenvalue weighted by atomic mass is 9.87. The van der Waals surface area contributed by atoms with E-state index in [0.717, 1.165) is 12.8 Å². The van der Waals surface area contributed by atoms with Crippen LogP contribution in [0.15, 0.2) is 0 Å². The quantitative estimate of drug-likeness (QED) is 0.681. The number of aliphatic hydroxyl groups excluding tert-OH is 1. The second-order valence-electron chi connectivity index (χ2n) is 4.19. The average Bonchev–Trinajstić information content (AvgIpc) is 1.99. The summed E-state index contributed by atoms with van der Waals surface area (Å²) in [6, 6.07) is 0. The maximum Gasteiger partial charge on any atom is 0.225 e. The number of hydrogen-bond acceptors (Lipinski definition) is 2. The molecule has 0 rings (SSSR count). The van der Waals surface area contributed by atoms with Crippen LogP contribution in [-0.2, 0) is 4.79 Å². The van der Waals surface area contributed by atoms with Crippen LogP contribution < -0.4 is 5.32 Å². The molecule has 1 atom stereocenters. The minimum atomic E-state index is -0.471. The molecule has 3 heteroatoms. The number of aliphatic hydroxyl groups is 1. The van der Waals surface area contributed by atoms with Gasteiger partial charge >= 0.3 is 0 Å². The summed E-state index contributed by atoms with van der Waals surface area (Å²) in [5.41, 5.74) is -0.316. The summed E-state index contributed by atoms with van der Waals surface area (Å²) in [5.74, 6) is 0.0234. The van der Waals surface area contributed by atoms with E-state index < -0.39 is 6.10 Å². The fourth-order valence-corrected chi connectivity index (χ4v) is 1.22. The zero-order chi connectivity index (χ0) is 10.5. The molecule has 13 heavy (non-hydrogen) atoms. The molecular formula is C10H21NO2. The van der Waals surface area contributed by atoms with Gasteiger partial charge in [-0.3, -0.25) is 4.79 Å². The third-order valence-electron chi connectivity index (χ3n) is 2.05. The molecule has 0 fully saturated rings. The van der Waals surface area contributed by atoms with Crippen LogP contribution in [0.2, 0.25) is 0 Å². The summed E-state index contributed by atoms with van der Waals surface area (Å²) in [6.45, 7) is 7.91. The van der Waals surface area contributed by atoms with Gasteiger partial charge in [0.15, 0.2) is 0 Å². The minimum Gasteiger partial charge on any atom is -0.392 e. The number of rotatable bonds is 5. The Morgan fingerprint density at radius 1 is 1.54 bits per heavy atom. The molecule has 0 aromatic rings. The van der Waals surface area contributed by atoms with Crippen LogP contribution in [0.1, 0.15) is 40.5 Å². The molecule has 0 aliphatic heterocycles. The van der Waals surface area contributed by atoms with Gasteiger partial charge in [0, 0.05) is 12.0 Å². The molecule has 3 nitrogen and oxygen atoms in total. The topological polar surface area (TPSA) is 49.3 Å². The highest BCUT2D eigenvalue weighted by Gasteiger charge is 2.25. The van der Waals surface area contributed by atoms with Crippen LogP contribution in [0, 0.1) is 5.41 Å². The molecule has 0 spiro atoms. The molecule has 0 aliphatic carbocycles. The Morgan fingerprint density at radius 3 is 2.46 bits per heavy atom. The molecule has 0 aliphatic rings. The van der Waals surface area contributed by atoms with Gasteiger partial charge in [-0.1, -0.05) is 27.2 Å². The molecule has 0 saturated carbocycles. The molecule has 0 saturated heterocycles. The van der Waals surface area contributed by atoms with Crippen molar-refractivity contribution in [3.05, 3.63) is 0 Å². The normalized spacial score (nSPS) is 13.9. The van der Waals surface area contributed by atoms with Gasteiger partial charge < -0.3 is 10.4 Å². The van der Waals surface area contributed by atoms with Crippen molar-refractivity contribution in [1.82, 2.24) is 5.32 Å². The maximum absolute atomic E-state index is 11.5. The Morgan fingerprint density at radius 2 is 2.08 bits per heavy atom. The van der Waals surface area contributed by atoms with E-state index in [1.807, 2.05) is 13.8 Å². The van der Waals surface area contributed by atoms with Crippen LogP contribution >= 0.6 is 0 Å². The van der Waals surface area contributed by atoms with E-state index >= 15 is 0 Å². The standard InChI is InChI=1S/C10H21NO2/c1-5-6-10(3,4)9(13)11-7-8(2)12/h8,12H,5-7H2,1-4H3,(H,11,13). The van der Waals surface area contributed by atoms with E-state index in [1.54, 1.807) is 6.92 Å². The molecule has 1 amide bonds. The van der Waals surface area contributed by atoms with Gasteiger partial charge in [0.25, 0.3) is 0 Å². The van der Waals surface area contributed by atoms with Crippen LogP contribution in [0.4, 0.5) is 0 Å². The summed E-state index contributed by atoms with van der Waals surface area (Å²) in [4.78, 5) is 11.5. The Kier molecular flexibility index (Phi) is 4.99. The lowest BCUT2D eigenvalue weighted by Gasteiger charge is -2.23. The van der Waals surface area contributed by atoms with E-state index in [9.17, 15) is 4.79 Å². The molecule has 78 valence electrons. The number of carbonyl (C=O) groups excluding carboxylic acids is 1. The van der Waals surface area contributed by atoms with Crippen molar-refractivity contribution in [2.75, 3.05) is 6.54 Å². The van der Waals surface area contributed by atoms with Crippen LogP contribution in [0.25, 0.3) is 0 Å². The van der Waals surface area contributed by atoms with Crippen LogP contribution in [-0.4, -0.2) is 23.7 Å². The third-order valence-corrected chi connectivity index (χ3v) is 2.05. The minimum absolute atomic E-state index is 0.0234. The summed E-state index contributed by atoms with van der Waals surface area (Å²) in [7, 11) is 0. The van der Waals surface area contributed by atoms with Gasteiger partial charge in [-0.05, 0) is 13.3 Å². The van der Waals surface area contributed by atoms with E-state index in [2.05, 4.69) is 12.2 Å². The Labute approximate surface area is 80.5 Å². The van der Waals surface area contributed by atoms with Crippen molar-refractivity contribution >= 4 is 5.91 Å². The summed E-state index contributed by atoms with van der Waals surface area (Å²) >= 11 is 0. The molecule has 0 heterocycles. The van der Waals surface area contributed by atoms with Crippen molar-refractivity contribution in [2.24, 2.45) is 5.41 Å².